The number of carbonyl (C=O) groups is 1. The Balaban J connectivity index is 1.28. The highest BCUT2D eigenvalue weighted by molar-refractivity contribution is 5.82. The summed E-state index contributed by atoms with van der Waals surface area (Å²) in [6.07, 6.45) is 11.7. The minimum atomic E-state index is -0.214. The van der Waals surface area contributed by atoms with Gasteiger partial charge in [0.25, 0.3) is 0 Å². The van der Waals surface area contributed by atoms with Crippen LogP contribution in [0, 0.1) is 46.2 Å². The van der Waals surface area contributed by atoms with Gasteiger partial charge < -0.3 is 5.11 Å². The summed E-state index contributed by atoms with van der Waals surface area (Å²) in [6.45, 7) is 4.96. The molecule has 0 aromatic heterocycles. The number of rotatable bonds is 4. The van der Waals surface area contributed by atoms with Gasteiger partial charge in [-0.3, -0.25) is 4.79 Å². The van der Waals surface area contributed by atoms with Crippen LogP contribution < -0.4 is 0 Å². The van der Waals surface area contributed by atoms with Gasteiger partial charge >= 0.3 is 0 Å². The second-order valence-electron chi connectivity index (χ2n) is 11.9. The maximum Gasteiger partial charge on any atom is 0.136 e. The predicted molar refractivity (Wildman–Crippen MR) is 121 cm³/mol. The Morgan fingerprint density at radius 2 is 1.68 bits per heavy atom. The van der Waals surface area contributed by atoms with E-state index >= 15 is 0 Å². The second kappa shape index (κ2) is 7.97. The van der Waals surface area contributed by atoms with Crippen LogP contribution in [0.4, 0.5) is 4.39 Å². The molecule has 31 heavy (non-hydrogen) atoms. The van der Waals surface area contributed by atoms with Gasteiger partial charge in [-0.25, -0.2) is 4.39 Å². The SMILES string of the molecule is C[C@]12CC[C@H]3[C@@H](CCC4C[C@@H](O)CC[C@@]43C)[C@@H]1CC[C@@H]2C(=O)CCc1ccc(F)cc1. The van der Waals surface area contributed by atoms with E-state index in [4.69, 9.17) is 0 Å². The molecule has 8 atom stereocenters. The number of carbonyl (C=O) groups excluding carboxylic acids is 1. The van der Waals surface area contributed by atoms with Gasteiger partial charge in [-0.2, -0.15) is 0 Å². The Morgan fingerprint density at radius 3 is 2.45 bits per heavy atom. The van der Waals surface area contributed by atoms with Crippen LogP contribution in [0.1, 0.15) is 83.6 Å². The summed E-state index contributed by atoms with van der Waals surface area (Å²) in [5, 5.41) is 10.2. The van der Waals surface area contributed by atoms with Crippen LogP contribution >= 0.6 is 0 Å². The van der Waals surface area contributed by atoms with E-state index in [1.165, 1.54) is 50.7 Å². The topological polar surface area (TPSA) is 37.3 Å². The minimum absolute atomic E-state index is 0.0851. The molecule has 4 aliphatic carbocycles. The number of halogens is 1. The molecule has 0 radical (unpaired) electrons. The average molecular weight is 427 g/mol. The molecule has 0 amide bonds. The Labute approximate surface area is 187 Å². The molecule has 5 rings (SSSR count). The fourth-order valence-electron chi connectivity index (χ4n) is 8.86. The Bertz CT molecular complexity index is 819. The number of hydrogen-bond donors (Lipinski definition) is 1. The lowest BCUT2D eigenvalue weighted by Gasteiger charge is -2.60. The highest BCUT2D eigenvalue weighted by Gasteiger charge is 2.60. The first-order valence-electron chi connectivity index (χ1n) is 12.8. The van der Waals surface area contributed by atoms with E-state index in [2.05, 4.69) is 13.8 Å². The molecule has 1 unspecified atom stereocenters. The molecule has 1 aromatic carbocycles. The number of aliphatic hydroxyl groups excluding tert-OH is 1. The molecule has 0 spiro atoms. The number of Topliss-reactive ketones (excluding diaryl/α,β-unsaturated/α-hetero) is 1. The van der Waals surface area contributed by atoms with Crippen LogP contribution in [0.15, 0.2) is 24.3 Å². The number of benzene rings is 1. The van der Waals surface area contributed by atoms with E-state index in [1.807, 2.05) is 12.1 Å². The lowest BCUT2D eigenvalue weighted by Crippen LogP contribution is -2.54. The average Bonchev–Trinajstić information content (AvgIpc) is 3.11. The number of aryl methyl sites for hydroxylation is 1. The highest BCUT2D eigenvalue weighted by Crippen LogP contribution is 2.67. The van der Waals surface area contributed by atoms with Crippen molar-refractivity contribution in [2.75, 3.05) is 0 Å². The van der Waals surface area contributed by atoms with Crippen molar-refractivity contribution in [3.05, 3.63) is 35.6 Å². The molecule has 4 fully saturated rings. The fraction of sp³-hybridized carbons (Fsp3) is 0.750. The van der Waals surface area contributed by atoms with Crippen LogP contribution in [0.25, 0.3) is 0 Å². The summed E-state index contributed by atoms with van der Waals surface area (Å²) >= 11 is 0. The quantitative estimate of drug-likeness (QED) is 0.609. The van der Waals surface area contributed by atoms with Gasteiger partial charge in [0.1, 0.15) is 11.6 Å². The Hall–Kier alpha value is -1.22. The molecular formula is C28H39FO2. The van der Waals surface area contributed by atoms with Crippen LogP contribution in [0.3, 0.4) is 0 Å². The molecule has 0 aliphatic heterocycles. The number of ketones is 1. The highest BCUT2D eigenvalue weighted by atomic mass is 19.1. The van der Waals surface area contributed by atoms with E-state index in [9.17, 15) is 14.3 Å². The van der Waals surface area contributed by atoms with Crippen LogP contribution in [-0.2, 0) is 11.2 Å². The molecule has 1 aromatic rings. The summed E-state index contributed by atoms with van der Waals surface area (Å²) < 4.78 is 13.2. The smallest absolute Gasteiger partial charge is 0.136 e. The molecule has 0 heterocycles. The lowest BCUT2D eigenvalue weighted by atomic mass is 9.44. The first-order chi connectivity index (χ1) is 14.8. The van der Waals surface area contributed by atoms with E-state index in [0.717, 1.165) is 43.1 Å². The van der Waals surface area contributed by atoms with E-state index in [-0.39, 0.29) is 23.3 Å². The summed E-state index contributed by atoms with van der Waals surface area (Å²) in [7, 11) is 0. The van der Waals surface area contributed by atoms with Gasteiger partial charge in [0.05, 0.1) is 6.10 Å². The van der Waals surface area contributed by atoms with E-state index < -0.39 is 0 Å². The van der Waals surface area contributed by atoms with Crippen molar-refractivity contribution in [1.82, 2.24) is 0 Å². The zero-order chi connectivity index (χ0) is 21.8. The molecule has 170 valence electrons. The summed E-state index contributed by atoms with van der Waals surface area (Å²) in [5.74, 6) is 3.36. The maximum absolute atomic E-state index is 13.3. The van der Waals surface area contributed by atoms with Gasteiger partial charge in [0, 0.05) is 12.3 Å². The minimum Gasteiger partial charge on any atom is -0.393 e. The molecular weight excluding hydrogens is 387 g/mol. The molecule has 4 saturated carbocycles. The second-order valence-corrected chi connectivity index (χ2v) is 11.9. The van der Waals surface area contributed by atoms with Crippen molar-refractivity contribution in [3.8, 4) is 0 Å². The van der Waals surface area contributed by atoms with Crippen molar-refractivity contribution in [2.24, 2.45) is 40.4 Å². The monoisotopic (exact) mass is 426 g/mol. The Kier molecular flexibility index (Phi) is 5.56. The van der Waals surface area contributed by atoms with Crippen LogP contribution in [-0.4, -0.2) is 17.0 Å². The molecule has 0 saturated heterocycles. The standard InChI is InChI=1S/C28H39FO2/c1-27-15-13-21(30)17-19(27)6-9-22-23-10-11-25(28(23,2)16-14-24(22)27)26(31)12-5-18-3-7-20(29)8-4-18/h3-4,7-8,19,21-25,30H,5-6,9-17H2,1-2H3/t19?,21-,22-,23-,24-,25+,27-,28-/m0/s1. The molecule has 2 nitrogen and oxygen atoms in total. The van der Waals surface area contributed by atoms with Gasteiger partial charge in [0.15, 0.2) is 0 Å². The third kappa shape index (κ3) is 3.59. The van der Waals surface area contributed by atoms with Gasteiger partial charge in [-0.05, 0) is 116 Å². The molecule has 4 aliphatic rings. The molecule has 1 N–H and O–H groups in total. The van der Waals surface area contributed by atoms with Crippen molar-refractivity contribution >= 4 is 5.78 Å². The van der Waals surface area contributed by atoms with E-state index in [0.29, 0.717) is 29.5 Å². The number of hydrogen-bond acceptors (Lipinski definition) is 2. The van der Waals surface area contributed by atoms with Crippen molar-refractivity contribution in [1.29, 1.82) is 0 Å². The van der Waals surface area contributed by atoms with Crippen LogP contribution in [0.2, 0.25) is 0 Å². The predicted octanol–water partition coefficient (Wildman–Crippen LogP) is 6.35. The zero-order valence-electron chi connectivity index (χ0n) is 19.3. The molecule has 3 heteroatoms. The van der Waals surface area contributed by atoms with Crippen molar-refractivity contribution in [3.63, 3.8) is 0 Å². The maximum atomic E-state index is 13.3. The summed E-state index contributed by atoms with van der Waals surface area (Å²) in [6, 6.07) is 6.62. The van der Waals surface area contributed by atoms with Crippen molar-refractivity contribution in [2.45, 2.75) is 90.6 Å². The third-order valence-corrected chi connectivity index (χ3v) is 10.6. The van der Waals surface area contributed by atoms with Crippen LogP contribution in [0.5, 0.6) is 0 Å². The summed E-state index contributed by atoms with van der Waals surface area (Å²) in [5.41, 5.74) is 1.62. The zero-order valence-corrected chi connectivity index (χ0v) is 19.3. The fourth-order valence-corrected chi connectivity index (χ4v) is 8.86. The van der Waals surface area contributed by atoms with Gasteiger partial charge in [0.2, 0.25) is 0 Å². The first-order valence-corrected chi connectivity index (χ1v) is 12.8. The third-order valence-electron chi connectivity index (χ3n) is 10.6. The van der Waals surface area contributed by atoms with Gasteiger partial charge in [-0.15, -0.1) is 0 Å². The number of fused-ring (bicyclic) bond motifs is 5. The van der Waals surface area contributed by atoms with E-state index in [1.54, 1.807) is 0 Å². The first kappa shape index (κ1) is 21.6. The largest absolute Gasteiger partial charge is 0.393 e. The molecule has 0 bridgehead atoms. The normalized spacial score (nSPS) is 44.3. The number of aliphatic hydroxyl groups is 1. The Morgan fingerprint density at radius 1 is 0.968 bits per heavy atom. The van der Waals surface area contributed by atoms with Gasteiger partial charge in [-0.1, -0.05) is 26.0 Å². The lowest BCUT2D eigenvalue weighted by molar-refractivity contribution is -0.139. The van der Waals surface area contributed by atoms with Crippen molar-refractivity contribution < 1.29 is 14.3 Å². The summed E-state index contributed by atoms with van der Waals surface area (Å²) in [4.78, 5) is 13.3.